The minimum absolute atomic E-state index is 0.0466. The zero-order chi connectivity index (χ0) is 30.1. The molecule has 0 atom stereocenters. The summed E-state index contributed by atoms with van der Waals surface area (Å²) in [5.74, 6) is 1.11. The quantitative estimate of drug-likeness (QED) is 0.214. The van der Waals surface area contributed by atoms with E-state index in [1.54, 1.807) is 11.8 Å². The molecule has 1 fully saturated rings. The van der Waals surface area contributed by atoms with Crippen molar-refractivity contribution in [1.82, 2.24) is 0 Å². The molecule has 5 aromatic carbocycles. The van der Waals surface area contributed by atoms with Crippen molar-refractivity contribution in [3.05, 3.63) is 95.6 Å². The minimum atomic E-state index is -0.150. The summed E-state index contributed by atoms with van der Waals surface area (Å²) in [4.78, 5) is 1.91. The lowest BCUT2D eigenvalue weighted by Gasteiger charge is -2.51. The summed E-state index contributed by atoms with van der Waals surface area (Å²) in [6, 6.07) is 27.6. The monoisotopic (exact) mass is 588 g/mol. The highest BCUT2D eigenvalue weighted by Crippen LogP contribution is 2.65. The summed E-state index contributed by atoms with van der Waals surface area (Å²) in [6.07, 6.45) is 3.28. The molecule has 2 aliphatic carbocycles. The largest absolute Gasteiger partial charge is 0.507 e. The topological polar surface area (TPSA) is 49.7 Å². The van der Waals surface area contributed by atoms with E-state index in [0.717, 1.165) is 55.5 Å². The lowest BCUT2D eigenvalue weighted by Crippen LogP contribution is -2.43. The molecule has 0 heterocycles. The fourth-order valence-electron chi connectivity index (χ4n) is 8.79. The first-order valence-corrected chi connectivity index (χ1v) is 16.2. The first kappa shape index (κ1) is 28.3. The van der Waals surface area contributed by atoms with Crippen molar-refractivity contribution in [2.45, 2.75) is 75.7 Å². The van der Waals surface area contributed by atoms with Gasteiger partial charge in [-0.15, -0.1) is 0 Å². The van der Waals surface area contributed by atoms with Crippen molar-refractivity contribution in [3.63, 3.8) is 0 Å². The highest BCUT2D eigenvalue weighted by Gasteiger charge is 2.53. The molecule has 1 saturated carbocycles. The van der Waals surface area contributed by atoms with Gasteiger partial charge >= 0.3 is 0 Å². The normalized spacial score (nSPS) is 17.7. The Morgan fingerprint density at radius 2 is 1.42 bits per heavy atom. The summed E-state index contributed by atoms with van der Waals surface area (Å²) in [5, 5.41) is 26.1. The number of hydrogen-bond acceptors (Lipinski definition) is 4. The maximum absolute atomic E-state index is 11.8. The van der Waals surface area contributed by atoms with Crippen LogP contribution in [0.1, 0.15) is 70.6 Å². The molecule has 0 aromatic heterocycles. The molecule has 0 amide bonds. The van der Waals surface area contributed by atoms with Gasteiger partial charge in [0.2, 0.25) is 0 Å². The fourth-order valence-corrected chi connectivity index (χ4v) is 9.86. The highest BCUT2D eigenvalue weighted by atomic mass is 32.2. The fraction of sp³-hybridized carbons (Fsp3) is 0.333. The SMILES string of the molecule is CCOc1cc2c3c(cc(O)c2cc1Sc1cc2ccccc2cc1CO)C1(CC(C)(C)CC(C)(C)C1)c1ccccc1-3. The van der Waals surface area contributed by atoms with Crippen LogP contribution in [0, 0.1) is 10.8 Å². The molecule has 2 aliphatic rings. The molecule has 7 rings (SSSR count). The van der Waals surface area contributed by atoms with E-state index in [-0.39, 0.29) is 22.9 Å². The van der Waals surface area contributed by atoms with Crippen LogP contribution in [0.2, 0.25) is 0 Å². The van der Waals surface area contributed by atoms with Gasteiger partial charge in [-0.05, 0) is 111 Å². The van der Waals surface area contributed by atoms with E-state index >= 15 is 0 Å². The number of ether oxygens (including phenoxy) is 1. The Hall–Kier alpha value is -3.47. The second-order valence-electron chi connectivity index (χ2n) is 14.1. The standard InChI is InChI=1S/C39H40O3S/c1-6-42-33-17-29-28(18-35(33)43-34-16-25-12-8-7-11-24(25)15-26(34)20-40)32(41)19-31-36(29)27-13-9-10-14-30(27)39(31)22-37(2,3)21-38(4,5)23-39/h7-19,40-41H,6,20-23H2,1-5H3. The van der Waals surface area contributed by atoms with Crippen molar-refractivity contribution in [3.8, 4) is 22.6 Å². The number of phenols is 1. The maximum atomic E-state index is 11.8. The van der Waals surface area contributed by atoms with Gasteiger partial charge in [0.15, 0.2) is 0 Å². The lowest BCUT2D eigenvalue weighted by atomic mass is 9.52. The van der Waals surface area contributed by atoms with Gasteiger partial charge in [0, 0.05) is 15.7 Å². The van der Waals surface area contributed by atoms with Gasteiger partial charge in [-0.3, -0.25) is 0 Å². The van der Waals surface area contributed by atoms with Gasteiger partial charge in [-0.1, -0.05) is 88.0 Å². The molecule has 0 aliphatic heterocycles. The van der Waals surface area contributed by atoms with Crippen LogP contribution in [0.4, 0.5) is 0 Å². The zero-order valence-corrected chi connectivity index (χ0v) is 26.6. The van der Waals surface area contributed by atoms with Gasteiger partial charge in [-0.2, -0.15) is 0 Å². The summed E-state index contributed by atoms with van der Waals surface area (Å²) in [7, 11) is 0. The molecule has 0 radical (unpaired) electrons. The number of phenolic OH excluding ortho intramolecular Hbond substituents is 1. The molecule has 0 unspecified atom stereocenters. The van der Waals surface area contributed by atoms with E-state index in [9.17, 15) is 10.2 Å². The van der Waals surface area contributed by atoms with Gasteiger partial charge in [0.05, 0.1) is 18.1 Å². The molecule has 5 aromatic rings. The third-order valence-corrected chi connectivity index (χ3v) is 10.7. The summed E-state index contributed by atoms with van der Waals surface area (Å²) in [5.41, 5.74) is 6.21. The number of aliphatic hydroxyl groups is 1. The average Bonchev–Trinajstić information content (AvgIpc) is 3.19. The Kier molecular flexibility index (Phi) is 6.61. The van der Waals surface area contributed by atoms with E-state index in [1.165, 1.54) is 28.7 Å². The lowest BCUT2D eigenvalue weighted by molar-refractivity contribution is 0.0645. The average molecular weight is 589 g/mol. The number of rotatable bonds is 5. The van der Waals surface area contributed by atoms with Crippen LogP contribution < -0.4 is 4.74 Å². The van der Waals surface area contributed by atoms with Gasteiger partial charge in [0.1, 0.15) is 11.5 Å². The molecule has 0 bridgehead atoms. The van der Waals surface area contributed by atoms with E-state index in [1.807, 2.05) is 19.1 Å². The number of aliphatic hydroxyl groups excluding tert-OH is 1. The minimum Gasteiger partial charge on any atom is -0.507 e. The van der Waals surface area contributed by atoms with Crippen molar-refractivity contribution in [2.75, 3.05) is 6.61 Å². The van der Waals surface area contributed by atoms with Crippen LogP contribution in [0.5, 0.6) is 11.5 Å². The van der Waals surface area contributed by atoms with Crippen molar-refractivity contribution < 1.29 is 14.9 Å². The maximum Gasteiger partial charge on any atom is 0.133 e. The first-order valence-electron chi connectivity index (χ1n) is 15.4. The Bertz CT molecular complexity index is 1890. The Morgan fingerprint density at radius 3 is 2.12 bits per heavy atom. The highest BCUT2D eigenvalue weighted by molar-refractivity contribution is 7.99. The van der Waals surface area contributed by atoms with E-state index in [2.05, 4.69) is 94.4 Å². The molecule has 220 valence electrons. The third kappa shape index (κ3) is 4.62. The van der Waals surface area contributed by atoms with Crippen LogP contribution >= 0.6 is 11.8 Å². The van der Waals surface area contributed by atoms with Crippen LogP contribution in [0.15, 0.2) is 88.7 Å². The molecule has 43 heavy (non-hydrogen) atoms. The molecular weight excluding hydrogens is 548 g/mol. The van der Waals surface area contributed by atoms with Crippen LogP contribution in [-0.4, -0.2) is 16.8 Å². The Balaban J connectivity index is 1.45. The Labute approximate surface area is 258 Å². The number of fused-ring (bicyclic) bond motifs is 8. The summed E-state index contributed by atoms with van der Waals surface area (Å²) in [6.45, 7) is 12.1. The van der Waals surface area contributed by atoms with E-state index in [4.69, 9.17) is 4.74 Å². The number of aromatic hydroxyl groups is 1. The Morgan fingerprint density at radius 1 is 0.744 bits per heavy atom. The zero-order valence-electron chi connectivity index (χ0n) is 25.8. The van der Waals surface area contributed by atoms with Crippen molar-refractivity contribution in [2.24, 2.45) is 10.8 Å². The third-order valence-electron chi connectivity index (χ3n) is 9.54. The summed E-state index contributed by atoms with van der Waals surface area (Å²) < 4.78 is 6.30. The second-order valence-corrected chi connectivity index (χ2v) is 15.2. The molecule has 4 heteroatoms. The van der Waals surface area contributed by atoms with Gasteiger partial charge in [-0.25, -0.2) is 0 Å². The molecule has 1 spiro atoms. The first-order chi connectivity index (χ1) is 20.5. The van der Waals surface area contributed by atoms with Crippen molar-refractivity contribution >= 4 is 33.3 Å². The molecular formula is C39H40O3S. The van der Waals surface area contributed by atoms with E-state index in [0.29, 0.717) is 12.4 Å². The predicted octanol–water partition coefficient (Wildman–Crippen LogP) is 10.2. The molecule has 2 N–H and O–H groups in total. The molecule has 3 nitrogen and oxygen atoms in total. The number of hydrogen-bond donors (Lipinski definition) is 2. The second kappa shape index (κ2) is 10.0. The van der Waals surface area contributed by atoms with Gasteiger partial charge < -0.3 is 14.9 Å². The number of benzene rings is 5. The van der Waals surface area contributed by atoms with Gasteiger partial charge in [0.25, 0.3) is 0 Å². The smallest absolute Gasteiger partial charge is 0.133 e. The van der Waals surface area contributed by atoms with Crippen LogP contribution in [-0.2, 0) is 12.0 Å². The molecule has 0 saturated heterocycles. The predicted molar refractivity (Wildman–Crippen MR) is 178 cm³/mol. The van der Waals surface area contributed by atoms with Crippen LogP contribution in [0.3, 0.4) is 0 Å². The summed E-state index contributed by atoms with van der Waals surface area (Å²) >= 11 is 1.59. The van der Waals surface area contributed by atoms with E-state index < -0.39 is 0 Å². The van der Waals surface area contributed by atoms with Crippen LogP contribution in [0.25, 0.3) is 32.7 Å². The van der Waals surface area contributed by atoms with Crippen molar-refractivity contribution in [1.29, 1.82) is 0 Å².